The van der Waals surface area contributed by atoms with Gasteiger partial charge in [-0.2, -0.15) is 0 Å². The third-order valence-electron chi connectivity index (χ3n) is 5.40. The highest BCUT2D eigenvalue weighted by Crippen LogP contribution is 2.51. The molecule has 0 saturated heterocycles. The Balaban J connectivity index is 2.47. The Labute approximate surface area is 226 Å². The number of rotatable bonds is 12. The molecule has 36 heavy (non-hydrogen) atoms. The van der Waals surface area contributed by atoms with Crippen LogP contribution in [0, 0.1) is 23.7 Å². The van der Waals surface area contributed by atoms with Crippen molar-refractivity contribution in [2.45, 2.75) is 55.4 Å². The van der Waals surface area contributed by atoms with Crippen LogP contribution in [-0.4, -0.2) is 26.4 Å². The zero-order valence-electron chi connectivity index (χ0n) is 22.8. The first kappa shape index (κ1) is 28.5. The van der Waals surface area contributed by atoms with Crippen molar-refractivity contribution in [2.24, 2.45) is 23.7 Å². The first-order valence-electron chi connectivity index (χ1n) is 12.9. The molecule has 0 aliphatic carbocycles. The second-order valence-corrected chi connectivity index (χ2v) is 11.9. The smallest absolute Gasteiger partial charge is 0.139 e. The Hall–Kier alpha value is -2.04. The molecule has 0 unspecified atom stereocenters. The van der Waals surface area contributed by atoms with Crippen molar-refractivity contribution in [3.8, 4) is 23.0 Å². The summed E-state index contributed by atoms with van der Waals surface area (Å²) in [5.74, 6) is 4.26. The first-order chi connectivity index (χ1) is 17.0. The largest absolute Gasteiger partial charge is 0.493 e. The van der Waals surface area contributed by atoms with Crippen molar-refractivity contribution in [3.05, 3.63) is 34.3 Å². The van der Waals surface area contributed by atoms with Crippen LogP contribution in [0.5, 0.6) is 23.0 Å². The summed E-state index contributed by atoms with van der Waals surface area (Å²) in [5, 5.41) is 4.27. The van der Waals surface area contributed by atoms with Crippen molar-refractivity contribution in [1.82, 2.24) is 0 Å². The SMILES string of the molecule is CC(C)COc1ccc(OCC(C)C)c2c(OCC(C)C)c3cc(Cl)c(Cl)cc3c(OCC(C)C)c12. The second kappa shape index (κ2) is 12.5. The zero-order chi connectivity index (χ0) is 26.6. The summed E-state index contributed by atoms with van der Waals surface area (Å²) < 4.78 is 25.7. The Bertz CT molecular complexity index is 1090. The summed E-state index contributed by atoms with van der Waals surface area (Å²) in [6, 6.07) is 7.67. The summed E-state index contributed by atoms with van der Waals surface area (Å²) in [6.07, 6.45) is 0. The minimum atomic E-state index is 0.329. The normalized spacial score (nSPS) is 11.9. The third-order valence-corrected chi connectivity index (χ3v) is 6.12. The number of hydrogen-bond donors (Lipinski definition) is 0. The van der Waals surface area contributed by atoms with Crippen LogP contribution in [0.25, 0.3) is 21.5 Å². The highest BCUT2D eigenvalue weighted by molar-refractivity contribution is 6.43. The van der Waals surface area contributed by atoms with Crippen LogP contribution in [0.1, 0.15) is 55.4 Å². The van der Waals surface area contributed by atoms with Crippen molar-refractivity contribution in [2.75, 3.05) is 26.4 Å². The van der Waals surface area contributed by atoms with Crippen LogP contribution in [0.15, 0.2) is 24.3 Å². The predicted molar refractivity (Wildman–Crippen MR) is 153 cm³/mol. The van der Waals surface area contributed by atoms with Gasteiger partial charge < -0.3 is 18.9 Å². The molecule has 0 amide bonds. The van der Waals surface area contributed by atoms with Gasteiger partial charge in [0.2, 0.25) is 0 Å². The average Bonchev–Trinajstić information content (AvgIpc) is 2.79. The van der Waals surface area contributed by atoms with Gasteiger partial charge in [-0.05, 0) is 47.9 Å². The average molecular weight is 536 g/mol. The maximum atomic E-state index is 6.53. The Kier molecular flexibility index (Phi) is 9.88. The van der Waals surface area contributed by atoms with Gasteiger partial charge in [0.05, 0.1) is 47.2 Å². The maximum absolute atomic E-state index is 6.53. The van der Waals surface area contributed by atoms with E-state index in [1.807, 2.05) is 24.3 Å². The van der Waals surface area contributed by atoms with E-state index in [4.69, 9.17) is 42.1 Å². The van der Waals surface area contributed by atoms with Gasteiger partial charge in [0.1, 0.15) is 23.0 Å². The molecule has 0 N–H and O–H groups in total. The van der Waals surface area contributed by atoms with E-state index in [1.165, 1.54) is 0 Å². The van der Waals surface area contributed by atoms with Gasteiger partial charge in [0.15, 0.2) is 0 Å². The van der Waals surface area contributed by atoms with Crippen LogP contribution in [-0.2, 0) is 0 Å². The molecule has 0 aliphatic rings. The molecule has 0 atom stereocenters. The molecule has 0 saturated carbocycles. The van der Waals surface area contributed by atoms with Crippen molar-refractivity contribution in [3.63, 3.8) is 0 Å². The molecule has 0 aliphatic heterocycles. The topological polar surface area (TPSA) is 36.9 Å². The summed E-state index contributed by atoms with van der Waals surface area (Å²) in [5.41, 5.74) is 0. The standard InChI is InChI=1S/C30H40Cl2O4/c1-17(2)13-33-25-9-10-26(34-14-18(3)4)28-27(25)29(35-15-19(5)6)21-11-23(31)24(32)12-22(21)30(28)36-16-20(7)8/h9-12,17-20H,13-16H2,1-8H3. The highest BCUT2D eigenvalue weighted by atomic mass is 35.5. The van der Waals surface area contributed by atoms with Crippen LogP contribution in [0.4, 0.5) is 0 Å². The molecule has 0 bridgehead atoms. The van der Waals surface area contributed by atoms with Gasteiger partial charge >= 0.3 is 0 Å². The highest BCUT2D eigenvalue weighted by Gasteiger charge is 2.25. The van der Waals surface area contributed by atoms with Gasteiger partial charge in [0, 0.05) is 10.8 Å². The third kappa shape index (κ3) is 6.83. The second-order valence-electron chi connectivity index (χ2n) is 11.1. The molecule has 0 heterocycles. The molecular formula is C30H40Cl2O4. The monoisotopic (exact) mass is 534 g/mol. The number of benzene rings is 3. The molecule has 3 rings (SSSR count). The van der Waals surface area contributed by atoms with Crippen LogP contribution < -0.4 is 18.9 Å². The predicted octanol–water partition coefficient (Wildman–Crippen LogP) is 9.44. The van der Waals surface area contributed by atoms with Crippen LogP contribution >= 0.6 is 23.2 Å². The number of hydrogen-bond acceptors (Lipinski definition) is 4. The summed E-state index contributed by atoms with van der Waals surface area (Å²) >= 11 is 13.1. The molecule has 0 fully saturated rings. The van der Waals surface area contributed by atoms with Gasteiger partial charge in [-0.15, -0.1) is 0 Å². The Morgan fingerprint density at radius 1 is 0.528 bits per heavy atom. The van der Waals surface area contributed by atoms with Crippen LogP contribution in [0.3, 0.4) is 0 Å². The number of halogens is 2. The van der Waals surface area contributed by atoms with E-state index in [-0.39, 0.29) is 0 Å². The van der Waals surface area contributed by atoms with Gasteiger partial charge in [-0.1, -0.05) is 78.6 Å². The fourth-order valence-corrected chi connectivity index (χ4v) is 4.09. The molecular weight excluding hydrogens is 495 g/mol. The fourth-order valence-electron chi connectivity index (χ4n) is 3.76. The van der Waals surface area contributed by atoms with Gasteiger partial charge in [0.25, 0.3) is 0 Å². The summed E-state index contributed by atoms with van der Waals surface area (Å²) in [6.45, 7) is 19.3. The quantitative estimate of drug-likeness (QED) is 0.217. The molecule has 0 aromatic heterocycles. The number of fused-ring (bicyclic) bond motifs is 2. The van der Waals surface area contributed by atoms with E-state index in [1.54, 1.807) is 0 Å². The molecule has 0 spiro atoms. The lowest BCUT2D eigenvalue weighted by atomic mass is 9.98. The maximum Gasteiger partial charge on any atom is 0.139 e. The lowest BCUT2D eigenvalue weighted by Gasteiger charge is -2.23. The molecule has 3 aromatic rings. The number of ether oxygens (including phenoxy) is 4. The summed E-state index contributed by atoms with van der Waals surface area (Å²) in [4.78, 5) is 0. The molecule has 3 aromatic carbocycles. The van der Waals surface area contributed by atoms with Crippen molar-refractivity contribution in [1.29, 1.82) is 0 Å². The lowest BCUT2D eigenvalue weighted by Crippen LogP contribution is -2.11. The van der Waals surface area contributed by atoms with Gasteiger partial charge in [-0.25, -0.2) is 0 Å². The Morgan fingerprint density at radius 3 is 1.14 bits per heavy atom. The van der Waals surface area contributed by atoms with E-state index in [2.05, 4.69) is 55.4 Å². The van der Waals surface area contributed by atoms with E-state index >= 15 is 0 Å². The molecule has 198 valence electrons. The van der Waals surface area contributed by atoms with E-state index in [0.29, 0.717) is 71.6 Å². The van der Waals surface area contributed by atoms with Crippen molar-refractivity contribution >= 4 is 44.7 Å². The zero-order valence-corrected chi connectivity index (χ0v) is 24.3. The minimum Gasteiger partial charge on any atom is -0.493 e. The van der Waals surface area contributed by atoms with E-state index in [0.717, 1.165) is 33.0 Å². The Morgan fingerprint density at radius 2 is 0.833 bits per heavy atom. The first-order valence-corrected chi connectivity index (χ1v) is 13.7. The van der Waals surface area contributed by atoms with Crippen LogP contribution in [0.2, 0.25) is 10.0 Å². The minimum absolute atomic E-state index is 0.329. The molecule has 4 nitrogen and oxygen atoms in total. The van der Waals surface area contributed by atoms with E-state index in [9.17, 15) is 0 Å². The molecule has 0 radical (unpaired) electrons. The lowest BCUT2D eigenvalue weighted by molar-refractivity contribution is 0.259. The molecule has 6 heteroatoms. The van der Waals surface area contributed by atoms with Crippen molar-refractivity contribution < 1.29 is 18.9 Å². The van der Waals surface area contributed by atoms with E-state index < -0.39 is 0 Å². The fraction of sp³-hybridized carbons (Fsp3) is 0.533. The summed E-state index contributed by atoms with van der Waals surface area (Å²) in [7, 11) is 0. The van der Waals surface area contributed by atoms with Gasteiger partial charge in [-0.3, -0.25) is 0 Å².